The highest BCUT2D eigenvalue weighted by Gasteiger charge is 2.09. The summed E-state index contributed by atoms with van der Waals surface area (Å²) in [5.41, 5.74) is 0. The zero-order valence-electron chi connectivity index (χ0n) is 10.1. The minimum absolute atomic E-state index is 0.827. The van der Waals surface area contributed by atoms with E-state index < -0.39 is 0 Å². The van der Waals surface area contributed by atoms with Gasteiger partial charge in [0.05, 0.1) is 0 Å². The Morgan fingerprint density at radius 3 is 2.00 bits per heavy atom. The van der Waals surface area contributed by atoms with Gasteiger partial charge in [-0.25, -0.2) is 0 Å². The maximum atomic E-state index is 3.41. The molecule has 0 spiro atoms. The molecule has 1 nitrogen and oxygen atoms in total. The van der Waals surface area contributed by atoms with Crippen LogP contribution in [0.4, 0.5) is 0 Å². The molecule has 0 bridgehead atoms. The molecule has 0 rings (SSSR count). The summed E-state index contributed by atoms with van der Waals surface area (Å²) in [6.07, 6.45) is 2.74. The molecule has 0 heterocycles. The van der Waals surface area contributed by atoms with Crippen molar-refractivity contribution >= 4 is 0 Å². The van der Waals surface area contributed by atoms with Crippen LogP contribution in [0.1, 0.15) is 47.5 Å². The van der Waals surface area contributed by atoms with E-state index in [2.05, 4.69) is 39.9 Å². The Labute approximate surface area is 84.3 Å². The van der Waals surface area contributed by atoms with E-state index in [4.69, 9.17) is 0 Å². The van der Waals surface area contributed by atoms with Gasteiger partial charge >= 0.3 is 0 Å². The molecule has 0 unspecified atom stereocenters. The van der Waals surface area contributed by atoms with Crippen molar-refractivity contribution in [3.63, 3.8) is 0 Å². The van der Waals surface area contributed by atoms with Gasteiger partial charge in [-0.3, -0.25) is 0 Å². The zero-order valence-corrected chi connectivity index (χ0v) is 10.1. The van der Waals surface area contributed by atoms with Crippen molar-refractivity contribution in [1.82, 2.24) is 5.32 Å². The molecule has 0 aliphatic heterocycles. The van der Waals surface area contributed by atoms with E-state index >= 15 is 0 Å². The first-order chi connectivity index (χ1) is 6.06. The van der Waals surface area contributed by atoms with Crippen LogP contribution in [-0.4, -0.2) is 13.1 Å². The third-order valence-electron chi connectivity index (χ3n) is 2.42. The van der Waals surface area contributed by atoms with Crippen LogP contribution in [0.15, 0.2) is 0 Å². The largest absolute Gasteiger partial charge is 0.317 e. The van der Waals surface area contributed by atoms with Crippen LogP contribution < -0.4 is 5.32 Å². The van der Waals surface area contributed by atoms with E-state index in [9.17, 15) is 0 Å². The Bertz CT molecular complexity index is 110. The molecule has 0 saturated heterocycles. The van der Waals surface area contributed by atoms with Gasteiger partial charge in [0.25, 0.3) is 0 Å². The van der Waals surface area contributed by atoms with E-state index in [0.717, 1.165) is 24.3 Å². The third-order valence-corrected chi connectivity index (χ3v) is 2.42. The maximum absolute atomic E-state index is 3.41. The summed E-state index contributed by atoms with van der Waals surface area (Å²) in [6.45, 7) is 13.8. The molecule has 0 aromatic rings. The SMILES string of the molecule is CCNC[C@H](C)C[C@@H](C)CC(C)C. The second kappa shape index (κ2) is 7.37. The highest BCUT2D eigenvalue weighted by atomic mass is 14.8. The molecular formula is C12H27N. The van der Waals surface area contributed by atoms with Crippen molar-refractivity contribution in [2.24, 2.45) is 17.8 Å². The normalized spacial score (nSPS) is 16.2. The van der Waals surface area contributed by atoms with Crippen LogP contribution in [0, 0.1) is 17.8 Å². The summed E-state index contributed by atoms with van der Waals surface area (Å²) in [4.78, 5) is 0. The molecule has 0 amide bonds. The Hall–Kier alpha value is -0.0400. The first-order valence-corrected chi connectivity index (χ1v) is 5.76. The Balaban J connectivity index is 3.46. The summed E-state index contributed by atoms with van der Waals surface area (Å²) in [5, 5.41) is 3.41. The molecule has 80 valence electrons. The average Bonchev–Trinajstić information content (AvgIpc) is 1.98. The number of rotatable bonds is 7. The van der Waals surface area contributed by atoms with Crippen LogP contribution in [0.5, 0.6) is 0 Å². The summed E-state index contributed by atoms with van der Waals surface area (Å²) in [5.74, 6) is 2.56. The topological polar surface area (TPSA) is 12.0 Å². The molecule has 1 heteroatoms. The quantitative estimate of drug-likeness (QED) is 0.641. The summed E-state index contributed by atoms with van der Waals surface area (Å²) >= 11 is 0. The van der Waals surface area contributed by atoms with Crippen molar-refractivity contribution in [1.29, 1.82) is 0 Å². The smallest absolute Gasteiger partial charge is 0.00232 e. The molecule has 0 fully saturated rings. The summed E-state index contributed by atoms with van der Waals surface area (Å²) < 4.78 is 0. The van der Waals surface area contributed by atoms with Gasteiger partial charge in [-0.1, -0.05) is 34.6 Å². The van der Waals surface area contributed by atoms with E-state index in [1.807, 2.05) is 0 Å². The predicted molar refractivity (Wildman–Crippen MR) is 60.9 cm³/mol. The Kier molecular flexibility index (Phi) is 7.35. The van der Waals surface area contributed by atoms with E-state index in [0.29, 0.717) is 0 Å². The molecular weight excluding hydrogens is 158 g/mol. The highest BCUT2D eigenvalue weighted by Crippen LogP contribution is 2.18. The molecule has 0 radical (unpaired) electrons. The number of hydrogen-bond donors (Lipinski definition) is 1. The van der Waals surface area contributed by atoms with Gasteiger partial charge in [-0.2, -0.15) is 0 Å². The van der Waals surface area contributed by atoms with Crippen molar-refractivity contribution in [2.45, 2.75) is 47.5 Å². The van der Waals surface area contributed by atoms with Gasteiger partial charge < -0.3 is 5.32 Å². The van der Waals surface area contributed by atoms with Gasteiger partial charge in [-0.05, 0) is 43.7 Å². The highest BCUT2D eigenvalue weighted by molar-refractivity contribution is 4.63. The first-order valence-electron chi connectivity index (χ1n) is 5.76. The van der Waals surface area contributed by atoms with E-state index in [1.54, 1.807) is 0 Å². The fraction of sp³-hybridized carbons (Fsp3) is 1.00. The van der Waals surface area contributed by atoms with Crippen LogP contribution in [0.25, 0.3) is 0 Å². The van der Waals surface area contributed by atoms with E-state index in [-0.39, 0.29) is 0 Å². The molecule has 1 N–H and O–H groups in total. The minimum atomic E-state index is 0.827. The van der Waals surface area contributed by atoms with Gasteiger partial charge in [0.1, 0.15) is 0 Å². The van der Waals surface area contributed by atoms with Crippen LogP contribution in [0.2, 0.25) is 0 Å². The average molecular weight is 185 g/mol. The fourth-order valence-electron chi connectivity index (χ4n) is 2.06. The van der Waals surface area contributed by atoms with Crippen LogP contribution >= 0.6 is 0 Å². The lowest BCUT2D eigenvalue weighted by atomic mass is 9.90. The second-order valence-electron chi connectivity index (χ2n) is 4.88. The van der Waals surface area contributed by atoms with Gasteiger partial charge in [0, 0.05) is 0 Å². The van der Waals surface area contributed by atoms with Gasteiger partial charge in [0.2, 0.25) is 0 Å². The maximum Gasteiger partial charge on any atom is -0.00232 e. The number of hydrogen-bond acceptors (Lipinski definition) is 1. The van der Waals surface area contributed by atoms with Gasteiger partial charge in [-0.15, -0.1) is 0 Å². The lowest BCUT2D eigenvalue weighted by Gasteiger charge is -2.18. The first kappa shape index (κ1) is 13.0. The van der Waals surface area contributed by atoms with Crippen molar-refractivity contribution in [3.05, 3.63) is 0 Å². The van der Waals surface area contributed by atoms with Crippen LogP contribution in [-0.2, 0) is 0 Å². The van der Waals surface area contributed by atoms with Crippen molar-refractivity contribution < 1.29 is 0 Å². The standard InChI is InChI=1S/C12H27N/c1-6-13-9-12(5)8-11(4)7-10(2)3/h10-13H,6-9H2,1-5H3/t11-,12+/m0/s1. The minimum Gasteiger partial charge on any atom is -0.317 e. The lowest BCUT2D eigenvalue weighted by molar-refractivity contribution is 0.347. The molecule has 0 aromatic heterocycles. The lowest BCUT2D eigenvalue weighted by Crippen LogP contribution is -2.22. The molecule has 0 aliphatic rings. The van der Waals surface area contributed by atoms with Crippen molar-refractivity contribution in [2.75, 3.05) is 13.1 Å². The monoisotopic (exact) mass is 185 g/mol. The summed E-state index contributed by atoms with van der Waals surface area (Å²) in [6, 6.07) is 0. The predicted octanol–water partition coefficient (Wildman–Crippen LogP) is 3.30. The zero-order chi connectivity index (χ0) is 10.3. The second-order valence-corrected chi connectivity index (χ2v) is 4.88. The summed E-state index contributed by atoms with van der Waals surface area (Å²) in [7, 11) is 0. The van der Waals surface area contributed by atoms with Crippen molar-refractivity contribution in [3.8, 4) is 0 Å². The molecule has 0 aliphatic carbocycles. The van der Waals surface area contributed by atoms with Gasteiger partial charge in [0.15, 0.2) is 0 Å². The third kappa shape index (κ3) is 8.29. The number of nitrogens with one attached hydrogen (secondary N) is 1. The Morgan fingerprint density at radius 2 is 1.54 bits per heavy atom. The molecule has 13 heavy (non-hydrogen) atoms. The van der Waals surface area contributed by atoms with Crippen LogP contribution in [0.3, 0.4) is 0 Å². The molecule has 0 aromatic carbocycles. The molecule has 2 atom stereocenters. The van der Waals surface area contributed by atoms with E-state index in [1.165, 1.54) is 19.4 Å². The Morgan fingerprint density at radius 1 is 0.923 bits per heavy atom. The fourth-order valence-corrected chi connectivity index (χ4v) is 2.06. The molecule has 0 saturated carbocycles.